The Morgan fingerprint density at radius 1 is 1.37 bits per heavy atom. The molecule has 8 heteroatoms. The van der Waals surface area contributed by atoms with Gasteiger partial charge in [-0.05, 0) is 13.0 Å². The Kier molecular flexibility index (Phi) is 2.65. The maximum absolute atomic E-state index is 13.2. The van der Waals surface area contributed by atoms with E-state index < -0.39 is 5.92 Å². The van der Waals surface area contributed by atoms with Gasteiger partial charge in [0.25, 0.3) is 11.8 Å². The largest absolute Gasteiger partial charge is 0.422 e. The Morgan fingerprint density at radius 2 is 2.21 bits per heavy atom. The summed E-state index contributed by atoms with van der Waals surface area (Å²) in [5, 5.41) is 7.32. The molecule has 3 heterocycles. The Balaban J connectivity index is 1.95. The number of halogens is 2. The normalized spacial score (nSPS) is 17.9. The Hall–Kier alpha value is -2.12. The van der Waals surface area contributed by atoms with Crippen molar-refractivity contribution in [2.75, 3.05) is 18.0 Å². The molecule has 0 bridgehead atoms. The number of anilines is 1. The van der Waals surface area contributed by atoms with Crippen molar-refractivity contribution in [3.63, 3.8) is 0 Å². The summed E-state index contributed by atoms with van der Waals surface area (Å²) >= 11 is 0. The summed E-state index contributed by atoms with van der Waals surface area (Å²) in [7, 11) is 0. The molecule has 0 aromatic carbocycles. The molecule has 1 fully saturated rings. The molecule has 19 heavy (non-hydrogen) atoms. The van der Waals surface area contributed by atoms with E-state index in [0.29, 0.717) is 11.4 Å². The summed E-state index contributed by atoms with van der Waals surface area (Å²) in [6.45, 7) is 1.64. The summed E-state index contributed by atoms with van der Waals surface area (Å²) in [4.78, 5) is 9.86. The van der Waals surface area contributed by atoms with Crippen LogP contribution in [0.5, 0.6) is 0 Å². The zero-order valence-electron chi connectivity index (χ0n) is 10.2. The number of rotatable bonds is 2. The van der Waals surface area contributed by atoms with E-state index in [1.54, 1.807) is 13.0 Å². The molecule has 0 N–H and O–H groups in total. The van der Waals surface area contributed by atoms with Crippen molar-refractivity contribution in [3.8, 4) is 11.6 Å². The Bertz CT molecular complexity index is 587. The standard InChI is InChI=1S/C11H11F2N5O/c1-7-4-8(9-17-14-6-19-9)16-10(15-7)18-3-2-11(12,13)5-18/h4,6H,2-3,5H2,1H3. The van der Waals surface area contributed by atoms with Crippen LogP contribution in [0.2, 0.25) is 0 Å². The van der Waals surface area contributed by atoms with Crippen molar-refractivity contribution >= 4 is 5.95 Å². The van der Waals surface area contributed by atoms with Crippen LogP contribution in [0.3, 0.4) is 0 Å². The van der Waals surface area contributed by atoms with Crippen LogP contribution in [0.25, 0.3) is 11.6 Å². The zero-order chi connectivity index (χ0) is 13.5. The lowest BCUT2D eigenvalue weighted by molar-refractivity contribution is 0.0256. The van der Waals surface area contributed by atoms with Gasteiger partial charge in [0.2, 0.25) is 12.3 Å². The maximum Gasteiger partial charge on any atom is 0.267 e. The second-order valence-electron chi connectivity index (χ2n) is 4.47. The molecule has 100 valence electrons. The van der Waals surface area contributed by atoms with Crippen LogP contribution >= 0.6 is 0 Å². The lowest BCUT2D eigenvalue weighted by Crippen LogP contribution is -2.26. The molecule has 1 aliphatic rings. The van der Waals surface area contributed by atoms with Crippen molar-refractivity contribution < 1.29 is 13.2 Å². The molecule has 0 atom stereocenters. The van der Waals surface area contributed by atoms with E-state index in [1.807, 2.05) is 0 Å². The van der Waals surface area contributed by atoms with Crippen LogP contribution in [0, 0.1) is 6.92 Å². The smallest absolute Gasteiger partial charge is 0.267 e. The van der Waals surface area contributed by atoms with Crippen molar-refractivity contribution in [1.82, 2.24) is 20.2 Å². The first-order valence-electron chi connectivity index (χ1n) is 5.78. The van der Waals surface area contributed by atoms with E-state index in [9.17, 15) is 8.78 Å². The van der Waals surface area contributed by atoms with E-state index in [1.165, 1.54) is 11.3 Å². The third kappa shape index (κ3) is 2.38. The first-order chi connectivity index (χ1) is 9.03. The highest BCUT2D eigenvalue weighted by Crippen LogP contribution is 2.30. The molecule has 3 rings (SSSR count). The van der Waals surface area contributed by atoms with Gasteiger partial charge in [0.1, 0.15) is 5.69 Å². The number of hydrogen-bond acceptors (Lipinski definition) is 6. The van der Waals surface area contributed by atoms with Crippen LogP contribution in [0.1, 0.15) is 12.1 Å². The van der Waals surface area contributed by atoms with Crippen molar-refractivity contribution in [2.24, 2.45) is 0 Å². The fraction of sp³-hybridized carbons (Fsp3) is 0.455. The molecule has 0 radical (unpaired) electrons. The van der Waals surface area contributed by atoms with Crippen LogP contribution in [0.15, 0.2) is 16.9 Å². The van der Waals surface area contributed by atoms with Gasteiger partial charge in [-0.3, -0.25) is 0 Å². The predicted molar refractivity (Wildman–Crippen MR) is 61.8 cm³/mol. The highest BCUT2D eigenvalue weighted by atomic mass is 19.3. The third-order valence-electron chi connectivity index (χ3n) is 2.87. The van der Waals surface area contributed by atoms with Crippen molar-refractivity contribution in [2.45, 2.75) is 19.3 Å². The first-order valence-corrected chi connectivity index (χ1v) is 5.78. The number of hydrogen-bond donors (Lipinski definition) is 0. The van der Waals surface area contributed by atoms with E-state index in [-0.39, 0.29) is 31.3 Å². The zero-order valence-corrected chi connectivity index (χ0v) is 10.2. The number of aromatic nitrogens is 4. The minimum atomic E-state index is -2.68. The lowest BCUT2D eigenvalue weighted by Gasteiger charge is -2.16. The fourth-order valence-corrected chi connectivity index (χ4v) is 2.00. The molecule has 0 saturated carbocycles. The average Bonchev–Trinajstić information content (AvgIpc) is 2.97. The van der Waals surface area contributed by atoms with Gasteiger partial charge in [0, 0.05) is 18.7 Å². The van der Waals surface area contributed by atoms with E-state index in [2.05, 4.69) is 20.2 Å². The molecule has 0 spiro atoms. The second kappa shape index (κ2) is 4.22. The summed E-state index contributed by atoms with van der Waals surface area (Å²) in [6.07, 6.45) is 1.01. The van der Waals surface area contributed by atoms with Gasteiger partial charge >= 0.3 is 0 Å². The van der Waals surface area contributed by atoms with E-state index in [4.69, 9.17) is 4.42 Å². The first kappa shape index (κ1) is 11.9. The SMILES string of the molecule is Cc1cc(-c2nnco2)nc(N2CCC(F)(F)C2)n1. The molecule has 2 aromatic rings. The molecule has 6 nitrogen and oxygen atoms in total. The van der Waals surface area contributed by atoms with Gasteiger partial charge in [-0.1, -0.05) is 0 Å². The topological polar surface area (TPSA) is 67.9 Å². The molecular formula is C11H11F2N5O. The molecule has 0 unspecified atom stereocenters. The van der Waals surface area contributed by atoms with Crippen LogP contribution in [-0.4, -0.2) is 39.2 Å². The maximum atomic E-state index is 13.2. The second-order valence-corrected chi connectivity index (χ2v) is 4.47. The monoisotopic (exact) mass is 267 g/mol. The summed E-state index contributed by atoms with van der Waals surface area (Å²) in [5.74, 6) is -2.17. The highest BCUT2D eigenvalue weighted by Gasteiger charge is 2.39. The summed E-state index contributed by atoms with van der Waals surface area (Å²) in [5.41, 5.74) is 1.10. The lowest BCUT2D eigenvalue weighted by atomic mass is 10.3. The Morgan fingerprint density at radius 3 is 2.84 bits per heavy atom. The summed E-state index contributed by atoms with van der Waals surface area (Å²) < 4.78 is 31.5. The van der Waals surface area contributed by atoms with Gasteiger partial charge in [-0.2, -0.15) is 0 Å². The fourth-order valence-electron chi connectivity index (χ4n) is 2.00. The van der Waals surface area contributed by atoms with Crippen LogP contribution < -0.4 is 4.90 Å². The predicted octanol–water partition coefficient (Wildman–Crippen LogP) is 1.68. The third-order valence-corrected chi connectivity index (χ3v) is 2.87. The number of nitrogens with zero attached hydrogens (tertiary/aromatic N) is 5. The van der Waals surface area contributed by atoms with Crippen molar-refractivity contribution in [1.29, 1.82) is 0 Å². The van der Waals surface area contributed by atoms with Crippen LogP contribution in [-0.2, 0) is 0 Å². The van der Waals surface area contributed by atoms with Gasteiger partial charge in [0.05, 0.1) is 6.54 Å². The molecule has 1 saturated heterocycles. The summed E-state index contributed by atoms with van der Waals surface area (Å²) in [6, 6.07) is 1.67. The minimum Gasteiger partial charge on any atom is -0.422 e. The molecular weight excluding hydrogens is 256 g/mol. The number of alkyl halides is 2. The Labute approximate surface area is 107 Å². The molecule has 0 aliphatic carbocycles. The van der Waals surface area contributed by atoms with E-state index in [0.717, 1.165) is 0 Å². The van der Waals surface area contributed by atoms with Crippen molar-refractivity contribution in [3.05, 3.63) is 18.2 Å². The minimum absolute atomic E-state index is 0.180. The van der Waals surface area contributed by atoms with Gasteiger partial charge in [-0.15, -0.1) is 10.2 Å². The average molecular weight is 267 g/mol. The number of aryl methyl sites for hydroxylation is 1. The van der Waals surface area contributed by atoms with Crippen LogP contribution in [0.4, 0.5) is 14.7 Å². The van der Waals surface area contributed by atoms with Gasteiger partial charge in [-0.25, -0.2) is 18.7 Å². The molecule has 0 amide bonds. The van der Waals surface area contributed by atoms with E-state index >= 15 is 0 Å². The highest BCUT2D eigenvalue weighted by molar-refractivity contribution is 5.50. The van der Waals surface area contributed by atoms with Gasteiger partial charge in [0.15, 0.2) is 0 Å². The molecule has 2 aromatic heterocycles. The van der Waals surface area contributed by atoms with Gasteiger partial charge < -0.3 is 9.32 Å². The quantitative estimate of drug-likeness (QED) is 0.824. The molecule has 1 aliphatic heterocycles.